The lowest BCUT2D eigenvalue weighted by Gasteiger charge is -2.35. The van der Waals surface area contributed by atoms with E-state index in [9.17, 15) is 18.0 Å². The van der Waals surface area contributed by atoms with Crippen molar-refractivity contribution < 1.29 is 22.7 Å². The maximum absolute atomic E-state index is 12.6. The van der Waals surface area contributed by atoms with E-state index in [-0.39, 0.29) is 31.3 Å². The SMILES string of the molecule is COCCN(C(=O)C1CCC(C(F)(F)F)CN1)C(C)C. The van der Waals surface area contributed by atoms with Crippen molar-refractivity contribution in [2.45, 2.75) is 44.9 Å². The van der Waals surface area contributed by atoms with E-state index in [1.807, 2.05) is 13.8 Å². The van der Waals surface area contributed by atoms with Crippen LogP contribution in [0.3, 0.4) is 0 Å². The number of hydrogen-bond donors (Lipinski definition) is 1. The van der Waals surface area contributed by atoms with E-state index in [1.165, 1.54) is 0 Å². The van der Waals surface area contributed by atoms with Crippen molar-refractivity contribution in [2.24, 2.45) is 5.92 Å². The van der Waals surface area contributed by atoms with Crippen molar-refractivity contribution in [2.75, 3.05) is 26.8 Å². The van der Waals surface area contributed by atoms with Crippen LogP contribution in [-0.4, -0.2) is 55.9 Å². The molecule has 0 aromatic carbocycles. The maximum atomic E-state index is 12.6. The Labute approximate surface area is 117 Å². The number of piperidine rings is 1. The molecule has 4 nitrogen and oxygen atoms in total. The first kappa shape index (κ1) is 17.2. The lowest BCUT2D eigenvalue weighted by atomic mass is 9.93. The van der Waals surface area contributed by atoms with Crippen molar-refractivity contribution in [3.8, 4) is 0 Å². The molecule has 20 heavy (non-hydrogen) atoms. The zero-order chi connectivity index (χ0) is 15.3. The van der Waals surface area contributed by atoms with Gasteiger partial charge in [0.2, 0.25) is 5.91 Å². The van der Waals surface area contributed by atoms with Gasteiger partial charge in [-0.15, -0.1) is 0 Å². The monoisotopic (exact) mass is 296 g/mol. The molecule has 2 unspecified atom stereocenters. The molecule has 1 saturated heterocycles. The fourth-order valence-electron chi connectivity index (χ4n) is 2.36. The van der Waals surface area contributed by atoms with E-state index < -0.39 is 18.1 Å². The highest BCUT2D eigenvalue weighted by atomic mass is 19.4. The van der Waals surface area contributed by atoms with Gasteiger partial charge in [-0.2, -0.15) is 13.2 Å². The van der Waals surface area contributed by atoms with E-state index in [0.29, 0.717) is 13.2 Å². The van der Waals surface area contributed by atoms with Crippen molar-refractivity contribution >= 4 is 5.91 Å². The summed E-state index contributed by atoms with van der Waals surface area (Å²) in [7, 11) is 1.55. The maximum Gasteiger partial charge on any atom is 0.393 e. The molecule has 1 amide bonds. The minimum atomic E-state index is -4.19. The fourth-order valence-corrected chi connectivity index (χ4v) is 2.36. The largest absolute Gasteiger partial charge is 0.393 e. The van der Waals surface area contributed by atoms with Crippen LogP contribution in [0, 0.1) is 5.92 Å². The normalized spacial score (nSPS) is 23.9. The van der Waals surface area contributed by atoms with Gasteiger partial charge in [-0.3, -0.25) is 4.79 Å². The van der Waals surface area contributed by atoms with Gasteiger partial charge >= 0.3 is 6.18 Å². The van der Waals surface area contributed by atoms with Crippen LogP contribution in [-0.2, 0) is 9.53 Å². The number of hydrogen-bond acceptors (Lipinski definition) is 3. The Morgan fingerprint density at radius 1 is 1.40 bits per heavy atom. The molecule has 1 heterocycles. The molecule has 0 bridgehead atoms. The van der Waals surface area contributed by atoms with E-state index in [2.05, 4.69) is 5.32 Å². The quantitative estimate of drug-likeness (QED) is 0.841. The zero-order valence-corrected chi connectivity index (χ0v) is 12.2. The van der Waals surface area contributed by atoms with Crippen LogP contribution in [0.4, 0.5) is 13.2 Å². The lowest BCUT2D eigenvalue weighted by Crippen LogP contribution is -2.54. The van der Waals surface area contributed by atoms with E-state index >= 15 is 0 Å². The third kappa shape index (κ3) is 4.63. The highest BCUT2D eigenvalue weighted by molar-refractivity contribution is 5.82. The number of amides is 1. The Kier molecular flexibility index (Phi) is 6.26. The molecule has 7 heteroatoms. The van der Waals surface area contributed by atoms with Crippen LogP contribution in [0.15, 0.2) is 0 Å². The number of rotatable bonds is 5. The second-order valence-corrected chi connectivity index (χ2v) is 5.39. The summed E-state index contributed by atoms with van der Waals surface area (Å²) in [5, 5.41) is 2.74. The first-order valence-electron chi connectivity index (χ1n) is 6.87. The molecule has 0 saturated carbocycles. The Morgan fingerprint density at radius 2 is 2.05 bits per heavy atom. The predicted molar refractivity (Wildman–Crippen MR) is 69.3 cm³/mol. The first-order valence-corrected chi connectivity index (χ1v) is 6.87. The van der Waals surface area contributed by atoms with Crippen molar-refractivity contribution in [3.63, 3.8) is 0 Å². The van der Waals surface area contributed by atoms with Gasteiger partial charge in [-0.05, 0) is 26.7 Å². The molecule has 1 aliphatic heterocycles. The number of halogens is 3. The summed E-state index contributed by atoms with van der Waals surface area (Å²) in [6, 6.07) is -0.521. The number of ether oxygens (including phenoxy) is 1. The molecule has 1 N–H and O–H groups in total. The summed E-state index contributed by atoms with van der Waals surface area (Å²) >= 11 is 0. The highest BCUT2D eigenvalue weighted by Gasteiger charge is 2.43. The zero-order valence-electron chi connectivity index (χ0n) is 12.2. The minimum absolute atomic E-state index is 0.000195. The van der Waals surface area contributed by atoms with Crippen LogP contribution in [0.5, 0.6) is 0 Å². The average molecular weight is 296 g/mol. The molecule has 1 rings (SSSR count). The molecule has 0 spiro atoms. The number of nitrogens with zero attached hydrogens (tertiary/aromatic N) is 1. The first-order chi connectivity index (χ1) is 9.27. The summed E-state index contributed by atoms with van der Waals surface area (Å²) in [5.41, 5.74) is 0. The molecule has 0 radical (unpaired) electrons. The number of methoxy groups -OCH3 is 1. The molecule has 0 aromatic heterocycles. The van der Waals surface area contributed by atoms with Gasteiger partial charge in [-0.25, -0.2) is 0 Å². The number of nitrogens with one attached hydrogen (secondary N) is 1. The summed E-state index contributed by atoms with van der Waals surface area (Å²) in [6.07, 6.45) is -3.96. The molecule has 1 aliphatic rings. The van der Waals surface area contributed by atoms with Crippen molar-refractivity contribution in [1.29, 1.82) is 0 Å². The molecular weight excluding hydrogens is 273 g/mol. The molecule has 1 fully saturated rings. The molecule has 118 valence electrons. The van der Waals surface area contributed by atoms with Crippen LogP contribution < -0.4 is 5.32 Å². The summed E-state index contributed by atoms with van der Waals surface area (Å²) in [5.74, 6) is -1.49. The Bertz CT molecular complexity index is 313. The number of carbonyl (C=O) groups is 1. The Morgan fingerprint density at radius 3 is 2.45 bits per heavy atom. The van der Waals surface area contributed by atoms with Gasteiger partial charge < -0.3 is 15.0 Å². The molecule has 0 aliphatic carbocycles. The third-order valence-corrected chi connectivity index (χ3v) is 3.62. The van der Waals surface area contributed by atoms with Gasteiger partial charge in [0.25, 0.3) is 0 Å². The fraction of sp³-hybridized carbons (Fsp3) is 0.923. The van der Waals surface area contributed by atoms with E-state index in [0.717, 1.165) is 0 Å². The molecular formula is C13H23F3N2O2. The molecule has 0 aromatic rings. The number of alkyl halides is 3. The summed E-state index contributed by atoms with van der Waals surface area (Å²) in [6.45, 7) is 4.45. The minimum Gasteiger partial charge on any atom is -0.383 e. The lowest BCUT2D eigenvalue weighted by molar-refractivity contribution is -0.181. The Hall–Kier alpha value is -0.820. The summed E-state index contributed by atoms with van der Waals surface area (Å²) < 4.78 is 42.7. The van der Waals surface area contributed by atoms with Gasteiger partial charge in [0, 0.05) is 26.2 Å². The molecule has 2 atom stereocenters. The highest BCUT2D eigenvalue weighted by Crippen LogP contribution is 2.32. The van der Waals surface area contributed by atoms with Gasteiger partial charge in [0.15, 0.2) is 0 Å². The van der Waals surface area contributed by atoms with E-state index in [4.69, 9.17) is 4.74 Å². The Balaban J connectivity index is 2.56. The van der Waals surface area contributed by atoms with Crippen LogP contribution in [0.2, 0.25) is 0 Å². The van der Waals surface area contributed by atoms with Gasteiger partial charge in [-0.1, -0.05) is 0 Å². The van der Waals surface area contributed by atoms with E-state index in [1.54, 1.807) is 12.0 Å². The van der Waals surface area contributed by atoms with Gasteiger partial charge in [0.05, 0.1) is 18.6 Å². The smallest absolute Gasteiger partial charge is 0.383 e. The predicted octanol–water partition coefficient (Wildman–Crippen LogP) is 1.80. The number of carbonyl (C=O) groups excluding carboxylic acids is 1. The van der Waals surface area contributed by atoms with Crippen LogP contribution in [0.1, 0.15) is 26.7 Å². The third-order valence-electron chi connectivity index (χ3n) is 3.62. The standard InChI is InChI=1S/C13H23F3N2O2/c1-9(2)18(6-7-20-3)12(19)11-5-4-10(8-17-11)13(14,15)16/h9-11,17H,4-8H2,1-3H3. The average Bonchev–Trinajstić information content (AvgIpc) is 2.37. The summed E-state index contributed by atoms with van der Waals surface area (Å²) in [4.78, 5) is 14.0. The van der Waals surface area contributed by atoms with Crippen molar-refractivity contribution in [1.82, 2.24) is 10.2 Å². The van der Waals surface area contributed by atoms with Gasteiger partial charge in [0.1, 0.15) is 0 Å². The second kappa shape index (κ2) is 7.26. The van der Waals surface area contributed by atoms with Crippen molar-refractivity contribution in [3.05, 3.63) is 0 Å². The second-order valence-electron chi connectivity index (χ2n) is 5.39. The van der Waals surface area contributed by atoms with Crippen LogP contribution in [0.25, 0.3) is 0 Å². The topological polar surface area (TPSA) is 41.6 Å². The van der Waals surface area contributed by atoms with Crippen LogP contribution >= 0.6 is 0 Å².